The number of carbonyl (C=O) groups is 2. The lowest BCUT2D eigenvalue weighted by molar-refractivity contribution is -0.129. The first kappa shape index (κ1) is 29.2. The van der Waals surface area contributed by atoms with Crippen LogP contribution in [0.5, 0.6) is 11.5 Å². The highest BCUT2D eigenvalue weighted by Crippen LogP contribution is 2.41. The van der Waals surface area contributed by atoms with Crippen molar-refractivity contribution in [2.75, 3.05) is 0 Å². The second-order valence-electron chi connectivity index (χ2n) is 12.5. The molecule has 2 rings (SSSR count). The number of carbonyl (C=O) groups excluding carboxylic acids is 2. The van der Waals surface area contributed by atoms with Crippen molar-refractivity contribution in [2.45, 2.75) is 99.0 Å². The molecule has 196 valence electrons. The first-order chi connectivity index (χ1) is 16.3. The van der Waals surface area contributed by atoms with Gasteiger partial charge in [0.2, 0.25) is 0 Å². The molecule has 0 bridgehead atoms. The average molecular weight is 495 g/mol. The first-order valence-corrected chi connectivity index (χ1v) is 12.3. The van der Waals surface area contributed by atoms with Crippen molar-refractivity contribution in [3.05, 3.63) is 70.3 Å². The Morgan fingerprint density at radius 1 is 0.750 bits per heavy atom. The van der Waals surface area contributed by atoms with E-state index in [1.807, 2.05) is 38.1 Å². The third-order valence-corrected chi connectivity index (χ3v) is 5.56. The Bertz CT molecular complexity index is 1150. The van der Waals surface area contributed by atoms with Gasteiger partial charge in [-0.15, -0.1) is 0 Å². The molecular weight excluding hydrogens is 452 g/mol. The van der Waals surface area contributed by atoms with Gasteiger partial charge in [-0.3, -0.25) is 0 Å². The molecular formula is C31H42O5. The number of benzene rings is 2. The fraction of sp³-hybridized carbons (Fsp3) is 0.484. The van der Waals surface area contributed by atoms with Crippen LogP contribution in [-0.2, 0) is 26.8 Å². The summed E-state index contributed by atoms with van der Waals surface area (Å²) >= 11 is 0. The van der Waals surface area contributed by atoms with Crippen molar-refractivity contribution in [1.29, 1.82) is 0 Å². The summed E-state index contributed by atoms with van der Waals surface area (Å²) in [6.07, 6.45) is 0.807. The lowest BCUT2D eigenvalue weighted by atomic mass is 9.81. The number of aryl methyl sites for hydroxylation is 2. The number of hydrogen-bond acceptors (Lipinski definition) is 5. The molecule has 0 aliphatic rings. The Labute approximate surface area is 216 Å². The van der Waals surface area contributed by atoms with Gasteiger partial charge in [-0.1, -0.05) is 83.5 Å². The van der Waals surface area contributed by atoms with E-state index in [-0.39, 0.29) is 10.8 Å². The molecule has 0 spiro atoms. The Hall–Kier alpha value is -3.08. The van der Waals surface area contributed by atoms with E-state index in [2.05, 4.69) is 48.1 Å². The van der Waals surface area contributed by atoms with Crippen LogP contribution in [0.15, 0.2) is 36.9 Å². The lowest BCUT2D eigenvalue weighted by Crippen LogP contribution is -2.27. The van der Waals surface area contributed by atoms with Gasteiger partial charge in [0.1, 0.15) is 17.1 Å². The fourth-order valence-corrected chi connectivity index (χ4v) is 4.02. The summed E-state index contributed by atoms with van der Waals surface area (Å²) < 4.78 is 17.2. The van der Waals surface area contributed by atoms with E-state index in [1.165, 1.54) is 0 Å². The standard InChI is InChI=1S/C31H42O5/c1-13-25(32)34-26-21(14-19(2)16-23(26)29(4,5)6)18-22-15-20(3)17-24(30(7,8)9)27(22)35-28(33)36-31(10,11)12/h13-17H,1,18H2,2-12H3. The van der Waals surface area contributed by atoms with Gasteiger partial charge >= 0.3 is 12.1 Å². The van der Waals surface area contributed by atoms with Gasteiger partial charge in [0, 0.05) is 34.8 Å². The van der Waals surface area contributed by atoms with Crippen LogP contribution >= 0.6 is 0 Å². The van der Waals surface area contributed by atoms with Crippen LogP contribution in [-0.4, -0.2) is 17.7 Å². The minimum Gasteiger partial charge on any atom is -0.428 e. The summed E-state index contributed by atoms with van der Waals surface area (Å²) in [6, 6.07) is 8.10. The number of rotatable bonds is 5. The van der Waals surface area contributed by atoms with E-state index in [9.17, 15) is 9.59 Å². The molecule has 0 N–H and O–H groups in total. The van der Waals surface area contributed by atoms with Crippen molar-refractivity contribution in [3.63, 3.8) is 0 Å². The fourth-order valence-electron chi connectivity index (χ4n) is 4.02. The SMILES string of the molecule is C=CC(=O)Oc1c(Cc2cc(C)cc(C(C)(C)C)c2OC(=O)OC(C)(C)C)cc(C)cc1C(C)(C)C. The molecule has 0 radical (unpaired) electrons. The summed E-state index contributed by atoms with van der Waals surface area (Å²) in [6.45, 7) is 25.5. The van der Waals surface area contributed by atoms with Crippen molar-refractivity contribution < 1.29 is 23.8 Å². The Balaban J connectivity index is 2.77. The molecule has 0 amide bonds. The summed E-state index contributed by atoms with van der Waals surface area (Å²) in [5.74, 6) is 0.470. The van der Waals surface area contributed by atoms with Crippen LogP contribution in [0.3, 0.4) is 0 Å². The second kappa shape index (κ2) is 10.5. The molecule has 0 saturated carbocycles. The zero-order chi connectivity index (χ0) is 27.6. The highest BCUT2D eigenvalue weighted by atomic mass is 16.7. The van der Waals surface area contributed by atoms with Crippen LogP contribution < -0.4 is 9.47 Å². The summed E-state index contributed by atoms with van der Waals surface area (Å²) in [4.78, 5) is 25.1. The molecule has 0 aliphatic carbocycles. The van der Waals surface area contributed by atoms with Crippen LogP contribution in [0.4, 0.5) is 4.79 Å². The zero-order valence-electron chi connectivity index (χ0n) is 23.8. The predicted molar refractivity (Wildman–Crippen MR) is 145 cm³/mol. The monoisotopic (exact) mass is 494 g/mol. The van der Waals surface area contributed by atoms with Crippen LogP contribution in [0.1, 0.15) is 95.7 Å². The van der Waals surface area contributed by atoms with Gasteiger partial charge in [-0.2, -0.15) is 0 Å². The van der Waals surface area contributed by atoms with Gasteiger partial charge in [0.25, 0.3) is 0 Å². The smallest absolute Gasteiger partial charge is 0.428 e. The Morgan fingerprint density at radius 3 is 1.53 bits per heavy atom. The van der Waals surface area contributed by atoms with Gasteiger partial charge in [0.05, 0.1) is 0 Å². The molecule has 0 aliphatic heterocycles. The van der Waals surface area contributed by atoms with E-state index in [1.54, 1.807) is 20.8 Å². The Morgan fingerprint density at radius 2 is 1.17 bits per heavy atom. The number of ether oxygens (including phenoxy) is 3. The lowest BCUT2D eigenvalue weighted by Gasteiger charge is -2.27. The number of esters is 1. The molecule has 2 aromatic carbocycles. The largest absolute Gasteiger partial charge is 0.514 e. The summed E-state index contributed by atoms with van der Waals surface area (Å²) in [7, 11) is 0. The van der Waals surface area contributed by atoms with E-state index < -0.39 is 17.7 Å². The van der Waals surface area contributed by atoms with Crippen molar-refractivity contribution in [2.24, 2.45) is 0 Å². The quantitative estimate of drug-likeness (QED) is 0.183. The molecule has 36 heavy (non-hydrogen) atoms. The van der Waals surface area contributed by atoms with Gasteiger partial charge in [-0.25, -0.2) is 9.59 Å². The first-order valence-electron chi connectivity index (χ1n) is 12.3. The molecule has 2 aromatic rings. The molecule has 0 atom stereocenters. The van der Waals surface area contributed by atoms with Gasteiger partial charge in [-0.05, 0) is 45.4 Å². The molecule has 5 nitrogen and oxygen atoms in total. The second-order valence-corrected chi connectivity index (χ2v) is 12.5. The van der Waals surface area contributed by atoms with E-state index >= 15 is 0 Å². The third-order valence-electron chi connectivity index (χ3n) is 5.56. The molecule has 0 unspecified atom stereocenters. The van der Waals surface area contributed by atoms with Gasteiger partial charge < -0.3 is 14.2 Å². The normalized spacial score (nSPS) is 12.2. The molecule has 0 aromatic heterocycles. The highest BCUT2D eigenvalue weighted by Gasteiger charge is 2.28. The topological polar surface area (TPSA) is 61.8 Å². The molecule has 0 saturated heterocycles. The maximum atomic E-state index is 12.8. The minimum absolute atomic E-state index is 0.267. The van der Waals surface area contributed by atoms with Crippen LogP contribution in [0.2, 0.25) is 0 Å². The van der Waals surface area contributed by atoms with Crippen molar-refractivity contribution >= 4 is 12.1 Å². The van der Waals surface area contributed by atoms with Crippen LogP contribution in [0.25, 0.3) is 0 Å². The maximum absolute atomic E-state index is 12.8. The van der Waals surface area contributed by atoms with Crippen LogP contribution in [0, 0.1) is 13.8 Å². The minimum atomic E-state index is -0.754. The maximum Gasteiger partial charge on any atom is 0.514 e. The van der Waals surface area contributed by atoms with E-state index in [0.717, 1.165) is 39.5 Å². The molecule has 0 fully saturated rings. The van der Waals surface area contributed by atoms with Crippen molar-refractivity contribution in [1.82, 2.24) is 0 Å². The zero-order valence-corrected chi connectivity index (χ0v) is 23.8. The summed E-state index contributed by atoms with van der Waals surface area (Å²) in [5.41, 5.74) is 4.31. The van der Waals surface area contributed by atoms with Crippen molar-refractivity contribution in [3.8, 4) is 11.5 Å². The van der Waals surface area contributed by atoms with E-state index in [4.69, 9.17) is 14.2 Å². The summed E-state index contributed by atoms with van der Waals surface area (Å²) in [5, 5.41) is 0. The molecule has 5 heteroatoms. The average Bonchev–Trinajstić information content (AvgIpc) is 2.68. The number of hydrogen-bond donors (Lipinski definition) is 0. The highest BCUT2D eigenvalue weighted by molar-refractivity contribution is 5.84. The predicted octanol–water partition coefficient (Wildman–Crippen LogP) is 7.89. The van der Waals surface area contributed by atoms with Gasteiger partial charge in [0.15, 0.2) is 0 Å². The third kappa shape index (κ3) is 7.71. The molecule has 0 heterocycles. The van der Waals surface area contributed by atoms with E-state index in [0.29, 0.717) is 17.9 Å². The Kier molecular flexibility index (Phi) is 8.50.